The molecule has 1 aromatic heterocycles. The van der Waals surface area contributed by atoms with Gasteiger partial charge in [-0.15, -0.1) is 0 Å². The molecule has 1 atom stereocenters. The quantitative estimate of drug-likeness (QED) is 0.878. The Morgan fingerprint density at radius 1 is 1.40 bits per heavy atom. The van der Waals surface area contributed by atoms with Crippen LogP contribution in [-0.4, -0.2) is 45.0 Å². The molecule has 2 rings (SSSR count). The van der Waals surface area contributed by atoms with Gasteiger partial charge in [-0.3, -0.25) is 4.98 Å². The molecule has 0 saturated carbocycles. The van der Waals surface area contributed by atoms with Gasteiger partial charge in [-0.1, -0.05) is 6.07 Å². The van der Waals surface area contributed by atoms with Crippen molar-refractivity contribution in [2.75, 3.05) is 27.3 Å². The molecule has 112 valence electrons. The average molecular weight is 299 g/mol. The Balaban J connectivity index is 2.25. The summed E-state index contributed by atoms with van der Waals surface area (Å²) < 4.78 is 33.6. The van der Waals surface area contributed by atoms with E-state index in [1.54, 1.807) is 12.4 Å². The van der Waals surface area contributed by atoms with E-state index in [1.165, 1.54) is 18.4 Å². The molecule has 0 aliphatic carbocycles. The number of pyridine rings is 1. The number of ether oxygens (including phenoxy) is 1. The predicted octanol–water partition coefficient (Wildman–Crippen LogP) is 0.945. The van der Waals surface area contributed by atoms with Gasteiger partial charge < -0.3 is 4.74 Å². The molecule has 6 nitrogen and oxygen atoms in total. The molecule has 0 radical (unpaired) electrons. The molecular formula is C13H21N3O3S. The molecule has 2 heterocycles. The first kappa shape index (κ1) is 15.4. The first-order valence-electron chi connectivity index (χ1n) is 6.68. The fourth-order valence-corrected chi connectivity index (χ4v) is 3.17. The molecule has 1 aromatic rings. The second-order valence-electron chi connectivity index (χ2n) is 5.12. The molecule has 1 unspecified atom stereocenters. The van der Waals surface area contributed by atoms with Crippen LogP contribution in [0.4, 0.5) is 0 Å². The highest BCUT2D eigenvalue weighted by atomic mass is 32.2. The second-order valence-corrected chi connectivity index (χ2v) is 7.04. The molecule has 0 spiro atoms. The maximum absolute atomic E-state index is 12.1. The van der Waals surface area contributed by atoms with Crippen molar-refractivity contribution in [3.63, 3.8) is 0 Å². The van der Waals surface area contributed by atoms with Gasteiger partial charge >= 0.3 is 0 Å². The van der Waals surface area contributed by atoms with Gasteiger partial charge in [0.05, 0.1) is 6.04 Å². The highest BCUT2D eigenvalue weighted by molar-refractivity contribution is 7.87. The second kappa shape index (κ2) is 6.62. The van der Waals surface area contributed by atoms with Crippen LogP contribution in [0.25, 0.3) is 0 Å². The first-order chi connectivity index (χ1) is 9.50. The smallest absolute Gasteiger partial charge is 0.279 e. The van der Waals surface area contributed by atoms with Crippen LogP contribution < -0.4 is 4.72 Å². The van der Waals surface area contributed by atoms with Crippen molar-refractivity contribution in [3.8, 4) is 0 Å². The van der Waals surface area contributed by atoms with Crippen LogP contribution in [0.3, 0.4) is 0 Å². The Labute approximate surface area is 120 Å². The minimum Gasteiger partial charge on any atom is -0.381 e. The molecule has 1 N–H and O–H groups in total. The molecular weight excluding hydrogens is 278 g/mol. The van der Waals surface area contributed by atoms with Crippen molar-refractivity contribution in [1.29, 1.82) is 0 Å². The van der Waals surface area contributed by atoms with Crippen LogP contribution in [0.2, 0.25) is 0 Å². The van der Waals surface area contributed by atoms with Gasteiger partial charge in [0.1, 0.15) is 0 Å². The van der Waals surface area contributed by atoms with Crippen LogP contribution >= 0.6 is 0 Å². The lowest BCUT2D eigenvalue weighted by Gasteiger charge is -2.31. The molecule has 7 heteroatoms. The van der Waals surface area contributed by atoms with Gasteiger partial charge in [-0.25, -0.2) is 0 Å². The average Bonchev–Trinajstić information content (AvgIpc) is 2.46. The standard InChI is InChI=1S/C13H21N3O3S/c1-16(2)20(17,18)15-13(11-5-8-19-9-6-11)12-4-3-7-14-10-12/h3-4,7,10-11,13,15H,5-6,8-9H2,1-2H3. The van der Waals surface area contributed by atoms with Gasteiger partial charge in [0.15, 0.2) is 0 Å². The van der Waals surface area contributed by atoms with Crippen LogP contribution in [-0.2, 0) is 14.9 Å². The zero-order valence-corrected chi connectivity index (χ0v) is 12.6. The summed E-state index contributed by atoms with van der Waals surface area (Å²) in [4.78, 5) is 4.10. The largest absolute Gasteiger partial charge is 0.381 e. The minimum absolute atomic E-state index is 0.225. The Hall–Kier alpha value is -1.02. The molecule has 1 fully saturated rings. The lowest BCUT2D eigenvalue weighted by molar-refractivity contribution is 0.0562. The lowest BCUT2D eigenvalue weighted by Crippen LogP contribution is -2.41. The zero-order chi connectivity index (χ0) is 14.6. The Kier molecular flexibility index (Phi) is 5.09. The monoisotopic (exact) mass is 299 g/mol. The number of nitrogens with one attached hydrogen (secondary N) is 1. The van der Waals surface area contributed by atoms with Crippen molar-refractivity contribution in [1.82, 2.24) is 14.0 Å². The van der Waals surface area contributed by atoms with E-state index in [1.807, 2.05) is 12.1 Å². The van der Waals surface area contributed by atoms with E-state index >= 15 is 0 Å². The number of hydrogen-bond acceptors (Lipinski definition) is 4. The molecule has 0 bridgehead atoms. The Morgan fingerprint density at radius 3 is 2.65 bits per heavy atom. The van der Waals surface area contributed by atoms with Crippen molar-refractivity contribution >= 4 is 10.2 Å². The Morgan fingerprint density at radius 2 is 2.10 bits per heavy atom. The zero-order valence-electron chi connectivity index (χ0n) is 11.8. The van der Waals surface area contributed by atoms with E-state index in [-0.39, 0.29) is 12.0 Å². The van der Waals surface area contributed by atoms with Gasteiger partial charge in [0, 0.05) is 39.7 Å². The number of nitrogens with zero attached hydrogens (tertiary/aromatic N) is 2. The number of aromatic nitrogens is 1. The summed E-state index contributed by atoms with van der Waals surface area (Å²) in [6.07, 6.45) is 5.09. The molecule has 0 aromatic carbocycles. The summed E-state index contributed by atoms with van der Waals surface area (Å²) in [5, 5.41) is 0. The van der Waals surface area contributed by atoms with E-state index in [4.69, 9.17) is 4.74 Å². The van der Waals surface area contributed by atoms with Crippen molar-refractivity contribution in [3.05, 3.63) is 30.1 Å². The van der Waals surface area contributed by atoms with Gasteiger partial charge in [-0.05, 0) is 30.4 Å². The molecule has 0 amide bonds. The van der Waals surface area contributed by atoms with Crippen LogP contribution in [0.5, 0.6) is 0 Å². The number of hydrogen-bond donors (Lipinski definition) is 1. The van der Waals surface area contributed by atoms with Crippen LogP contribution in [0.1, 0.15) is 24.4 Å². The van der Waals surface area contributed by atoms with Crippen LogP contribution in [0.15, 0.2) is 24.5 Å². The molecule has 20 heavy (non-hydrogen) atoms. The van der Waals surface area contributed by atoms with Gasteiger partial charge in [0.2, 0.25) is 0 Å². The highest BCUT2D eigenvalue weighted by Crippen LogP contribution is 2.30. The highest BCUT2D eigenvalue weighted by Gasteiger charge is 2.30. The lowest BCUT2D eigenvalue weighted by atomic mass is 9.88. The van der Waals surface area contributed by atoms with Crippen LogP contribution in [0, 0.1) is 5.92 Å². The number of rotatable bonds is 5. The summed E-state index contributed by atoms with van der Waals surface area (Å²) in [5.41, 5.74) is 0.893. The minimum atomic E-state index is -3.48. The third-order valence-corrected chi connectivity index (χ3v) is 5.05. The third kappa shape index (κ3) is 3.76. The summed E-state index contributed by atoms with van der Waals surface area (Å²) >= 11 is 0. The van der Waals surface area contributed by atoms with E-state index in [2.05, 4.69) is 9.71 Å². The Bertz CT molecular complexity index is 513. The normalized spacial score (nSPS) is 19.1. The van der Waals surface area contributed by atoms with E-state index in [0.29, 0.717) is 13.2 Å². The van der Waals surface area contributed by atoms with Crippen molar-refractivity contribution in [2.24, 2.45) is 5.92 Å². The molecule has 1 aliphatic rings. The van der Waals surface area contributed by atoms with Crippen molar-refractivity contribution < 1.29 is 13.2 Å². The summed E-state index contributed by atoms with van der Waals surface area (Å²) in [7, 11) is -0.439. The van der Waals surface area contributed by atoms with Crippen molar-refractivity contribution in [2.45, 2.75) is 18.9 Å². The van der Waals surface area contributed by atoms with E-state index in [0.717, 1.165) is 18.4 Å². The SMILES string of the molecule is CN(C)S(=O)(=O)NC(c1cccnc1)C1CCOCC1. The summed E-state index contributed by atoms with van der Waals surface area (Å²) in [6.45, 7) is 1.34. The van der Waals surface area contributed by atoms with Gasteiger partial charge in [0.25, 0.3) is 10.2 Å². The third-order valence-electron chi connectivity index (χ3n) is 3.54. The first-order valence-corrected chi connectivity index (χ1v) is 8.12. The molecule has 1 saturated heterocycles. The maximum atomic E-state index is 12.1. The summed E-state index contributed by atoms with van der Waals surface area (Å²) in [5.74, 6) is 0.225. The predicted molar refractivity (Wildman–Crippen MR) is 76.3 cm³/mol. The fourth-order valence-electron chi connectivity index (χ4n) is 2.31. The van der Waals surface area contributed by atoms with E-state index in [9.17, 15) is 8.42 Å². The summed E-state index contributed by atoms with van der Waals surface area (Å²) in [6, 6.07) is 3.47. The maximum Gasteiger partial charge on any atom is 0.279 e. The van der Waals surface area contributed by atoms with E-state index < -0.39 is 10.2 Å². The fraction of sp³-hybridized carbons (Fsp3) is 0.615. The molecule has 1 aliphatic heterocycles. The van der Waals surface area contributed by atoms with Gasteiger partial charge in [-0.2, -0.15) is 17.4 Å². The topological polar surface area (TPSA) is 71.5 Å².